The van der Waals surface area contributed by atoms with Gasteiger partial charge in [-0.15, -0.1) is 0 Å². The number of para-hydroxylation sites is 1. The molecule has 0 atom stereocenters. The van der Waals surface area contributed by atoms with E-state index >= 15 is 0 Å². The van der Waals surface area contributed by atoms with Gasteiger partial charge in [-0.1, -0.05) is 18.2 Å². The molecule has 2 aromatic carbocycles. The predicted molar refractivity (Wildman–Crippen MR) is 94.6 cm³/mol. The molecule has 0 fully saturated rings. The summed E-state index contributed by atoms with van der Waals surface area (Å²) in [4.78, 5) is 14.8. The number of aromatic amines is 1. The van der Waals surface area contributed by atoms with Crippen molar-refractivity contribution in [2.75, 3.05) is 6.54 Å². The van der Waals surface area contributed by atoms with Crippen LogP contribution in [-0.2, 0) is 16.4 Å². The minimum absolute atomic E-state index is 0.00109. The molecule has 0 saturated carbocycles. The molecule has 0 aliphatic rings. The van der Waals surface area contributed by atoms with E-state index in [1.54, 1.807) is 12.1 Å². The number of H-pyrrole nitrogens is 1. The number of pyridine rings is 1. The normalized spacial score (nSPS) is 11.8. The van der Waals surface area contributed by atoms with Crippen molar-refractivity contribution < 1.29 is 12.8 Å². The van der Waals surface area contributed by atoms with Gasteiger partial charge in [-0.3, -0.25) is 4.79 Å². The van der Waals surface area contributed by atoms with Crippen molar-refractivity contribution >= 4 is 20.9 Å². The van der Waals surface area contributed by atoms with Crippen LogP contribution >= 0.6 is 0 Å². The lowest BCUT2D eigenvalue weighted by molar-refractivity contribution is 0.580. The van der Waals surface area contributed by atoms with E-state index in [4.69, 9.17) is 0 Å². The Morgan fingerprint density at radius 1 is 1.12 bits per heavy atom. The van der Waals surface area contributed by atoms with Crippen LogP contribution in [0, 0.1) is 12.7 Å². The van der Waals surface area contributed by atoms with Gasteiger partial charge in [-0.05, 0) is 54.6 Å². The standard InChI is InChI=1S/C18H17FN2O3S/c1-12-10-15(6-7-16(12)19)25(23,24)20-9-8-14-11-13-4-2-3-5-17(13)21-18(14)22/h2-7,10-11,20H,8-9H2,1H3,(H,21,22). The van der Waals surface area contributed by atoms with Crippen molar-refractivity contribution in [2.24, 2.45) is 0 Å². The van der Waals surface area contributed by atoms with Crippen molar-refractivity contribution in [3.05, 3.63) is 75.8 Å². The Labute approximate surface area is 144 Å². The van der Waals surface area contributed by atoms with Crippen LogP contribution in [0.4, 0.5) is 4.39 Å². The molecule has 0 bridgehead atoms. The zero-order chi connectivity index (χ0) is 18.0. The number of fused-ring (bicyclic) bond motifs is 1. The van der Waals surface area contributed by atoms with Crippen LogP contribution in [-0.4, -0.2) is 19.9 Å². The molecule has 0 unspecified atom stereocenters. The topological polar surface area (TPSA) is 79.0 Å². The molecule has 0 aliphatic heterocycles. The zero-order valence-corrected chi connectivity index (χ0v) is 14.4. The van der Waals surface area contributed by atoms with Gasteiger partial charge in [0.2, 0.25) is 10.0 Å². The van der Waals surface area contributed by atoms with Gasteiger partial charge < -0.3 is 4.98 Å². The van der Waals surface area contributed by atoms with Crippen LogP contribution in [0.2, 0.25) is 0 Å². The van der Waals surface area contributed by atoms with E-state index in [0.717, 1.165) is 17.0 Å². The minimum atomic E-state index is -3.75. The highest BCUT2D eigenvalue weighted by molar-refractivity contribution is 7.89. The first kappa shape index (κ1) is 17.3. The molecule has 3 rings (SSSR count). The molecule has 1 aromatic heterocycles. The third kappa shape index (κ3) is 3.78. The second-order valence-corrected chi connectivity index (χ2v) is 7.54. The van der Waals surface area contributed by atoms with Gasteiger partial charge >= 0.3 is 0 Å². The van der Waals surface area contributed by atoms with Crippen LogP contribution in [0.15, 0.2) is 58.2 Å². The molecule has 0 spiro atoms. The Bertz CT molecular complexity index is 1090. The number of halogens is 1. The van der Waals surface area contributed by atoms with Crippen molar-refractivity contribution in [1.82, 2.24) is 9.71 Å². The van der Waals surface area contributed by atoms with Gasteiger partial charge in [0.15, 0.2) is 0 Å². The average molecular weight is 360 g/mol. The third-order valence-corrected chi connectivity index (χ3v) is 5.42. The number of hydrogen-bond donors (Lipinski definition) is 2. The van der Waals surface area contributed by atoms with E-state index in [-0.39, 0.29) is 29.0 Å². The first-order chi connectivity index (χ1) is 11.9. The lowest BCUT2D eigenvalue weighted by Crippen LogP contribution is -2.27. The van der Waals surface area contributed by atoms with Crippen molar-refractivity contribution in [3.8, 4) is 0 Å². The maximum atomic E-state index is 13.3. The van der Waals surface area contributed by atoms with Gasteiger partial charge in [0.05, 0.1) is 4.90 Å². The van der Waals surface area contributed by atoms with Crippen molar-refractivity contribution in [3.63, 3.8) is 0 Å². The summed E-state index contributed by atoms with van der Waals surface area (Å²) >= 11 is 0. The van der Waals surface area contributed by atoms with Gasteiger partial charge in [-0.2, -0.15) is 0 Å². The molecule has 1 heterocycles. The number of aromatic nitrogens is 1. The lowest BCUT2D eigenvalue weighted by Gasteiger charge is -2.08. The Hall–Kier alpha value is -2.51. The molecule has 2 N–H and O–H groups in total. The number of hydrogen-bond acceptors (Lipinski definition) is 3. The monoisotopic (exact) mass is 360 g/mol. The van der Waals surface area contributed by atoms with E-state index in [1.165, 1.54) is 19.1 Å². The predicted octanol–water partition coefficient (Wildman–Crippen LogP) is 2.50. The Morgan fingerprint density at radius 3 is 2.64 bits per heavy atom. The number of rotatable bonds is 5. The van der Waals surface area contributed by atoms with Crippen LogP contribution < -0.4 is 10.3 Å². The summed E-state index contributed by atoms with van der Waals surface area (Å²) in [6.07, 6.45) is 0.250. The summed E-state index contributed by atoms with van der Waals surface area (Å²) in [6.45, 7) is 1.57. The highest BCUT2D eigenvalue weighted by Crippen LogP contribution is 2.14. The highest BCUT2D eigenvalue weighted by Gasteiger charge is 2.15. The summed E-state index contributed by atoms with van der Waals surface area (Å²) in [7, 11) is -3.75. The summed E-state index contributed by atoms with van der Waals surface area (Å²) < 4.78 is 40.2. The fourth-order valence-electron chi connectivity index (χ4n) is 2.57. The maximum Gasteiger partial charge on any atom is 0.251 e. The van der Waals surface area contributed by atoms with Gasteiger partial charge in [0, 0.05) is 17.6 Å². The summed E-state index contributed by atoms with van der Waals surface area (Å²) in [6, 6.07) is 12.7. The second-order valence-electron chi connectivity index (χ2n) is 5.77. The lowest BCUT2D eigenvalue weighted by atomic mass is 10.1. The first-order valence-electron chi connectivity index (χ1n) is 7.73. The summed E-state index contributed by atoms with van der Waals surface area (Å²) in [5.41, 5.74) is 1.25. The average Bonchev–Trinajstić information content (AvgIpc) is 2.57. The molecule has 0 aliphatic carbocycles. The number of nitrogens with one attached hydrogen (secondary N) is 2. The summed E-state index contributed by atoms with van der Waals surface area (Å²) in [5, 5.41) is 0.883. The molecule has 0 saturated heterocycles. The first-order valence-corrected chi connectivity index (χ1v) is 9.22. The Balaban J connectivity index is 1.75. The SMILES string of the molecule is Cc1cc(S(=O)(=O)NCCc2cc3ccccc3[nH]c2=O)ccc1F. The molecule has 0 amide bonds. The van der Waals surface area contributed by atoms with E-state index in [1.807, 2.05) is 18.2 Å². The largest absolute Gasteiger partial charge is 0.322 e. The molecule has 130 valence electrons. The number of benzene rings is 2. The van der Waals surface area contributed by atoms with Crippen molar-refractivity contribution in [1.29, 1.82) is 0 Å². The fraction of sp³-hybridized carbons (Fsp3) is 0.167. The van der Waals surface area contributed by atoms with E-state index in [0.29, 0.717) is 5.56 Å². The van der Waals surface area contributed by atoms with E-state index in [9.17, 15) is 17.6 Å². The molecule has 25 heavy (non-hydrogen) atoms. The molecule has 0 radical (unpaired) electrons. The van der Waals surface area contributed by atoms with Crippen LogP contribution in [0.1, 0.15) is 11.1 Å². The minimum Gasteiger partial charge on any atom is -0.322 e. The fourth-order valence-corrected chi connectivity index (χ4v) is 3.68. The smallest absolute Gasteiger partial charge is 0.251 e. The van der Waals surface area contributed by atoms with E-state index < -0.39 is 15.8 Å². The molecule has 7 heteroatoms. The molecular formula is C18H17FN2O3S. The van der Waals surface area contributed by atoms with Gasteiger partial charge in [0.1, 0.15) is 5.82 Å². The Morgan fingerprint density at radius 2 is 1.88 bits per heavy atom. The molecule has 5 nitrogen and oxygen atoms in total. The van der Waals surface area contributed by atoms with E-state index in [2.05, 4.69) is 9.71 Å². The Kier molecular flexibility index (Phi) is 4.69. The van der Waals surface area contributed by atoms with Crippen LogP contribution in [0.25, 0.3) is 10.9 Å². The number of aryl methyl sites for hydroxylation is 1. The van der Waals surface area contributed by atoms with Gasteiger partial charge in [-0.25, -0.2) is 17.5 Å². The molecular weight excluding hydrogens is 343 g/mol. The molecule has 3 aromatic rings. The number of sulfonamides is 1. The van der Waals surface area contributed by atoms with Crippen LogP contribution in [0.3, 0.4) is 0 Å². The quantitative estimate of drug-likeness (QED) is 0.734. The van der Waals surface area contributed by atoms with Crippen LogP contribution in [0.5, 0.6) is 0 Å². The highest BCUT2D eigenvalue weighted by atomic mass is 32.2. The second kappa shape index (κ2) is 6.78. The van der Waals surface area contributed by atoms with Gasteiger partial charge in [0.25, 0.3) is 5.56 Å². The third-order valence-electron chi connectivity index (χ3n) is 3.96. The van der Waals surface area contributed by atoms with Crippen molar-refractivity contribution in [2.45, 2.75) is 18.2 Å². The summed E-state index contributed by atoms with van der Waals surface area (Å²) in [5.74, 6) is -0.457. The maximum absolute atomic E-state index is 13.3. The zero-order valence-electron chi connectivity index (χ0n) is 13.5.